The average molecular weight is 427 g/mol. The van der Waals surface area contributed by atoms with Gasteiger partial charge in [0.05, 0.1) is 0 Å². The Morgan fingerprint density at radius 3 is 2.31 bits per heavy atom. The molecule has 1 aliphatic heterocycles. The molecule has 0 aliphatic carbocycles. The molecule has 5 nitrogen and oxygen atoms in total. The monoisotopic (exact) mass is 427 g/mol. The number of benzene rings is 1. The molecule has 1 aromatic carbocycles. The first-order valence-corrected chi connectivity index (χ1v) is 9.72. The van der Waals surface area contributed by atoms with Crippen LogP contribution in [0.1, 0.15) is 36.9 Å². The molecule has 2 heterocycles. The first-order chi connectivity index (χ1) is 13.8. The molecule has 0 atom stereocenters. The van der Waals surface area contributed by atoms with E-state index in [9.17, 15) is 17.6 Å². The molecule has 0 saturated carbocycles. The van der Waals surface area contributed by atoms with Crippen LogP contribution < -0.4 is 15.5 Å². The van der Waals surface area contributed by atoms with Crippen molar-refractivity contribution >= 4 is 29.1 Å². The number of halogens is 4. The minimum atomic E-state index is -4.59. The SMILES string of the molecule is Fc1ccc(CNC(=S)Nc2nc(N3CCCCCC3)cc(C(F)(F)F)n2)cc1. The lowest BCUT2D eigenvalue weighted by Gasteiger charge is -2.23. The van der Waals surface area contributed by atoms with E-state index < -0.39 is 11.9 Å². The fourth-order valence-electron chi connectivity index (χ4n) is 3.03. The van der Waals surface area contributed by atoms with Crippen LogP contribution in [-0.4, -0.2) is 28.2 Å². The van der Waals surface area contributed by atoms with Crippen LogP contribution in [0.5, 0.6) is 0 Å². The summed E-state index contributed by atoms with van der Waals surface area (Å²) in [6, 6.07) is 6.78. The van der Waals surface area contributed by atoms with E-state index >= 15 is 0 Å². The van der Waals surface area contributed by atoms with Gasteiger partial charge in [0, 0.05) is 25.7 Å². The van der Waals surface area contributed by atoms with Gasteiger partial charge in [0.25, 0.3) is 0 Å². The van der Waals surface area contributed by atoms with Crippen molar-refractivity contribution in [2.45, 2.75) is 38.4 Å². The summed E-state index contributed by atoms with van der Waals surface area (Å²) in [5.74, 6) is -0.332. The van der Waals surface area contributed by atoms with Crippen LogP contribution in [0.15, 0.2) is 30.3 Å². The van der Waals surface area contributed by atoms with Gasteiger partial charge in [-0.3, -0.25) is 0 Å². The van der Waals surface area contributed by atoms with Crippen molar-refractivity contribution in [3.8, 4) is 0 Å². The standard InChI is InChI=1S/C19H21F4N5S/c20-14-7-5-13(6-8-14)12-24-18(29)27-17-25-15(19(21,22)23)11-16(26-17)28-9-3-1-2-4-10-28/h5-8,11H,1-4,9-10,12H2,(H2,24,25,26,27,29). The number of anilines is 2. The van der Waals surface area contributed by atoms with Crippen molar-refractivity contribution in [3.63, 3.8) is 0 Å². The third-order valence-corrected chi connectivity index (χ3v) is 4.77. The van der Waals surface area contributed by atoms with Gasteiger partial charge in [-0.25, -0.2) is 9.37 Å². The summed E-state index contributed by atoms with van der Waals surface area (Å²) in [6.07, 6.45) is -0.674. The lowest BCUT2D eigenvalue weighted by molar-refractivity contribution is -0.141. The number of hydrogen-bond donors (Lipinski definition) is 2. The summed E-state index contributed by atoms with van der Waals surface area (Å²) in [7, 11) is 0. The van der Waals surface area contributed by atoms with Gasteiger partial charge in [-0.15, -0.1) is 0 Å². The van der Waals surface area contributed by atoms with E-state index in [4.69, 9.17) is 12.2 Å². The Balaban J connectivity index is 1.73. The first-order valence-electron chi connectivity index (χ1n) is 9.32. The van der Waals surface area contributed by atoms with Crippen LogP contribution in [0.25, 0.3) is 0 Å². The number of alkyl halides is 3. The van der Waals surface area contributed by atoms with Crippen LogP contribution in [0.4, 0.5) is 29.3 Å². The van der Waals surface area contributed by atoms with E-state index in [-0.39, 0.29) is 29.2 Å². The zero-order chi connectivity index (χ0) is 20.9. The molecule has 1 aromatic heterocycles. The van der Waals surface area contributed by atoms with E-state index in [1.54, 1.807) is 12.1 Å². The Morgan fingerprint density at radius 1 is 1.03 bits per heavy atom. The van der Waals surface area contributed by atoms with Gasteiger partial charge >= 0.3 is 6.18 Å². The highest BCUT2D eigenvalue weighted by atomic mass is 32.1. The maximum atomic E-state index is 13.3. The fraction of sp³-hybridized carbons (Fsp3) is 0.421. The number of rotatable bonds is 4. The third kappa shape index (κ3) is 6.25. The normalized spacial score (nSPS) is 15.0. The Bertz CT molecular complexity index is 833. The minimum absolute atomic E-state index is 0.0791. The second-order valence-electron chi connectivity index (χ2n) is 6.77. The van der Waals surface area contributed by atoms with Gasteiger partial charge in [0.15, 0.2) is 10.8 Å². The summed E-state index contributed by atoms with van der Waals surface area (Å²) in [6.45, 7) is 1.59. The first kappa shape index (κ1) is 21.2. The van der Waals surface area contributed by atoms with E-state index in [0.29, 0.717) is 13.1 Å². The van der Waals surface area contributed by atoms with E-state index in [1.165, 1.54) is 12.1 Å². The van der Waals surface area contributed by atoms with Crippen molar-refractivity contribution in [1.29, 1.82) is 0 Å². The van der Waals surface area contributed by atoms with E-state index in [0.717, 1.165) is 37.3 Å². The van der Waals surface area contributed by atoms with Gasteiger partial charge in [0.1, 0.15) is 11.6 Å². The van der Waals surface area contributed by atoms with Crippen LogP contribution in [0, 0.1) is 5.82 Å². The Hall–Kier alpha value is -2.49. The molecule has 10 heteroatoms. The summed E-state index contributed by atoms with van der Waals surface area (Å²) < 4.78 is 52.9. The molecule has 2 N–H and O–H groups in total. The van der Waals surface area contributed by atoms with E-state index in [1.807, 2.05) is 4.90 Å². The largest absolute Gasteiger partial charge is 0.433 e. The molecule has 0 spiro atoms. The molecular formula is C19H21F4N5S. The Labute approximate surface area is 171 Å². The highest BCUT2D eigenvalue weighted by Gasteiger charge is 2.34. The van der Waals surface area contributed by atoms with Crippen molar-refractivity contribution in [1.82, 2.24) is 15.3 Å². The lowest BCUT2D eigenvalue weighted by Crippen LogP contribution is -2.30. The molecule has 0 bridgehead atoms. The van der Waals surface area contributed by atoms with Crippen molar-refractivity contribution in [2.24, 2.45) is 0 Å². The number of aromatic nitrogens is 2. The zero-order valence-electron chi connectivity index (χ0n) is 15.6. The number of nitrogens with one attached hydrogen (secondary N) is 2. The molecule has 0 radical (unpaired) electrons. The Morgan fingerprint density at radius 2 is 1.69 bits per heavy atom. The summed E-state index contributed by atoms with van der Waals surface area (Å²) >= 11 is 5.15. The van der Waals surface area contributed by atoms with Gasteiger partial charge in [-0.1, -0.05) is 25.0 Å². The van der Waals surface area contributed by atoms with Crippen molar-refractivity contribution < 1.29 is 17.6 Å². The maximum absolute atomic E-state index is 13.3. The molecule has 1 saturated heterocycles. The summed E-state index contributed by atoms with van der Waals surface area (Å²) in [4.78, 5) is 9.68. The molecule has 0 unspecified atom stereocenters. The summed E-state index contributed by atoms with van der Waals surface area (Å²) in [5.41, 5.74) is -0.249. The molecule has 3 rings (SSSR count). The topological polar surface area (TPSA) is 53.1 Å². The lowest BCUT2D eigenvalue weighted by atomic mass is 10.2. The maximum Gasteiger partial charge on any atom is 0.433 e. The quantitative estimate of drug-likeness (QED) is 0.554. The fourth-order valence-corrected chi connectivity index (χ4v) is 3.19. The molecule has 1 fully saturated rings. The number of thiocarbonyl (C=S) groups is 1. The highest BCUT2D eigenvalue weighted by molar-refractivity contribution is 7.80. The molecule has 29 heavy (non-hydrogen) atoms. The van der Waals surface area contributed by atoms with Gasteiger partial charge in [0.2, 0.25) is 5.95 Å². The predicted molar refractivity (Wildman–Crippen MR) is 107 cm³/mol. The van der Waals surface area contributed by atoms with Gasteiger partial charge in [-0.05, 0) is 42.8 Å². The number of nitrogens with zero attached hydrogens (tertiary/aromatic N) is 3. The van der Waals surface area contributed by atoms with Crippen LogP contribution in [0.3, 0.4) is 0 Å². The van der Waals surface area contributed by atoms with Gasteiger partial charge < -0.3 is 15.5 Å². The average Bonchev–Trinajstić information content (AvgIpc) is 2.96. The van der Waals surface area contributed by atoms with Crippen LogP contribution in [0.2, 0.25) is 0 Å². The third-order valence-electron chi connectivity index (χ3n) is 4.52. The van der Waals surface area contributed by atoms with Crippen molar-refractivity contribution in [3.05, 3.63) is 47.4 Å². The highest BCUT2D eigenvalue weighted by Crippen LogP contribution is 2.31. The molecule has 2 aromatic rings. The molecule has 0 amide bonds. The second-order valence-corrected chi connectivity index (χ2v) is 7.18. The second kappa shape index (κ2) is 9.34. The van der Waals surface area contributed by atoms with E-state index in [2.05, 4.69) is 20.6 Å². The predicted octanol–water partition coefficient (Wildman–Crippen LogP) is 4.50. The van der Waals surface area contributed by atoms with Crippen LogP contribution in [-0.2, 0) is 12.7 Å². The zero-order valence-corrected chi connectivity index (χ0v) is 16.4. The number of hydrogen-bond acceptors (Lipinski definition) is 4. The molecule has 1 aliphatic rings. The van der Waals surface area contributed by atoms with Crippen molar-refractivity contribution in [2.75, 3.05) is 23.3 Å². The summed E-state index contributed by atoms with van der Waals surface area (Å²) in [5, 5.41) is 5.56. The molecule has 156 valence electrons. The Kier molecular flexibility index (Phi) is 6.83. The minimum Gasteiger partial charge on any atom is -0.358 e. The van der Waals surface area contributed by atoms with Crippen LogP contribution >= 0.6 is 12.2 Å². The smallest absolute Gasteiger partial charge is 0.358 e. The molecular weight excluding hydrogens is 406 g/mol. The van der Waals surface area contributed by atoms with Gasteiger partial charge in [-0.2, -0.15) is 18.2 Å².